The Hall–Kier alpha value is -1.14. The number of hydrogen-bond donors (Lipinski definition) is 2. The third kappa shape index (κ3) is 5.57. The van der Waals surface area contributed by atoms with Crippen LogP contribution >= 0.6 is 15.9 Å². The third-order valence-corrected chi connectivity index (χ3v) is 2.88. The molecule has 1 unspecified atom stereocenters. The van der Waals surface area contributed by atoms with Crippen molar-refractivity contribution in [2.24, 2.45) is 5.73 Å². The molecule has 0 spiro atoms. The van der Waals surface area contributed by atoms with E-state index in [4.69, 9.17) is 10.5 Å². The van der Waals surface area contributed by atoms with Crippen LogP contribution < -0.4 is 11.1 Å². The zero-order valence-corrected chi connectivity index (χ0v) is 12.8. The van der Waals surface area contributed by atoms with E-state index in [1.165, 1.54) is 6.07 Å². The van der Waals surface area contributed by atoms with Crippen molar-refractivity contribution in [3.05, 3.63) is 34.1 Å². The Bertz CT molecular complexity index is 460. The SMILES string of the molecule is CC(C)(C)OC(=O)NCC(N)c1ccc(Br)c(F)c1. The highest BCUT2D eigenvalue weighted by Gasteiger charge is 2.17. The Kier molecular flexibility index (Phi) is 5.31. The van der Waals surface area contributed by atoms with Gasteiger partial charge >= 0.3 is 6.09 Å². The molecule has 0 bridgehead atoms. The van der Waals surface area contributed by atoms with Crippen molar-refractivity contribution in [1.82, 2.24) is 5.32 Å². The number of ether oxygens (including phenoxy) is 1. The van der Waals surface area contributed by atoms with Crippen molar-refractivity contribution < 1.29 is 13.9 Å². The second kappa shape index (κ2) is 6.34. The van der Waals surface area contributed by atoms with Gasteiger partial charge in [0.2, 0.25) is 0 Å². The molecule has 19 heavy (non-hydrogen) atoms. The van der Waals surface area contributed by atoms with Crippen molar-refractivity contribution in [3.63, 3.8) is 0 Å². The quantitative estimate of drug-likeness (QED) is 0.893. The molecule has 4 nitrogen and oxygen atoms in total. The lowest BCUT2D eigenvalue weighted by molar-refractivity contribution is 0.0524. The Morgan fingerprint density at radius 2 is 2.16 bits per heavy atom. The Morgan fingerprint density at radius 3 is 2.68 bits per heavy atom. The normalized spacial score (nSPS) is 12.9. The lowest BCUT2D eigenvalue weighted by Crippen LogP contribution is -2.36. The number of nitrogens with two attached hydrogens (primary N) is 1. The van der Waals surface area contributed by atoms with Gasteiger partial charge in [0.1, 0.15) is 11.4 Å². The summed E-state index contributed by atoms with van der Waals surface area (Å²) in [6.07, 6.45) is -0.541. The molecule has 0 aromatic heterocycles. The van der Waals surface area contributed by atoms with Gasteiger partial charge in [0.15, 0.2) is 0 Å². The van der Waals surface area contributed by atoms with Crippen LogP contribution in [0.5, 0.6) is 0 Å². The number of amides is 1. The molecule has 0 aliphatic heterocycles. The van der Waals surface area contributed by atoms with Crippen LogP contribution in [0.3, 0.4) is 0 Å². The van der Waals surface area contributed by atoms with E-state index in [0.717, 1.165) is 0 Å². The van der Waals surface area contributed by atoms with Gasteiger partial charge in [0.05, 0.1) is 4.47 Å². The second-order valence-electron chi connectivity index (χ2n) is 5.16. The highest BCUT2D eigenvalue weighted by molar-refractivity contribution is 9.10. The predicted octanol–water partition coefficient (Wildman–Crippen LogP) is 3.11. The molecule has 0 fully saturated rings. The fourth-order valence-electron chi connectivity index (χ4n) is 1.37. The minimum Gasteiger partial charge on any atom is -0.444 e. The third-order valence-electron chi connectivity index (χ3n) is 2.24. The number of nitrogens with one attached hydrogen (secondary N) is 1. The summed E-state index contributed by atoms with van der Waals surface area (Å²) in [7, 11) is 0. The zero-order valence-electron chi connectivity index (χ0n) is 11.2. The summed E-state index contributed by atoms with van der Waals surface area (Å²) in [6.45, 7) is 5.50. The molecular formula is C13H18BrFN2O2. The standard InChI is InChI=1S/C13H18BrFN2O2/c1-13(2,3)19-12(18)17-7-11(16)8-4-5-9(14)10(15)6-8/h4-6,11H,7,16H2,1-3H3,(H,17,18). The molecule has 1 amide bonds. The Balaban J connectivity index is 2.53. The molecule has 1 aromatic rings. The number of carbonyl (C=O) groups is 1. The average Bonchev–Trinajstić information content (AvgIpc) is 2.27. The van der Waals surface area contributed by atoms with Crippen molar-refractivity contribution >= 4 is 22.0 Å². The van der Waals surface area contributed by atoms with E-state index in [2.05, 4.69) is 21.2 Å². The van der Waals surface area contributed by atoms with E-state index < -0.39 is 17.7 Å². The maximum atomic E-state index is 13.3. The van der Waals surface area contributed by atoms with Crippen molar-refractivity contribution in [2.75, 3.05) is 6.54 Å². The molecule has 0 aliphatic rings. The first-order chi connectivity index (χ1) is 8.69. The van der Waals surface area contributed by atoms with Crippen molar-refractivity contribution in [1.29, 1.82) is 0 Å². The number of rotatable bonds is 3. The van der Waals surface area contributed by atoms with Gasteiger partial charge in [-0.05, 0) is 54.4 Å². The van der Waals surface area contributed by atoms with Gasteiger partial charge in [0.25, 0.3) is 0 Å². The smallest absolute Gasteiger partial charge is 0.407 e. The van der Waals surface area contributed by atoms with Crippen molar-refractivity contribution in [3.8, 4) is 0 Å². The van der Waals surface area contributed by atoms with Crippen LogP contribution in [-0.2, 0) is 4.74 Å². The minimum absolute atomic E-state index is 0.177. The van der Waals surface area contributed by atoms with E-state index in [1.807, 2.05) is 0 Å². The molecule has 0 heterocycles. The Morgan fingerprint density at radius 1 is 1.53 bits per heavy atom. The molecule has 106 valence electrons. The number of carbonyl (C=O) groups excluding carboxylic acids is 1. The minimum atomic E-state index is -0.558. The molecule has 3 N–H and O–H groups in total. The molecule has 0 saturated heterocycles. The highest BCUT2D eigenvalue weighted by atomic mass is 79.9. The molecule has 1 rings (SSSR count). The zero-order chi connectivity index (χ0) is 14.6. The molecule has 1 aromatic carbocycles. The summed E-state index contributed by atoms with van der Waals surface area (Å²) in [6, 6.07) is 4.13. The summed E-state index contributed by atoms with van der Waals surface area (Å²) in [5.74, 6) is -0.384. The van der Waals surface area contributed by atoms with Gasteiger partial charge in [-0.25, -0.2) is 9.18 Å². The molecule has 1 atom stereocenters. The summed E-state index contributed by atoms with van der Waals surface area (Å²) < 4.78 is 18.8. The Labute approximate surface area is 120 Å². The maximum absolute atomic E-state index is 13.3. The van der Waals surface area contributed by atoms with Crippen LogP contribution in [0.1, 0.15) is 32.4 Å². The van der Waals surface area contributed by atoms with Gasteiger partial charge in [-0.3, -0.25) is 0 Å². The largest absolute Gasteiger partial charge is 0.444 e. The van der Waals surface area contributed by atoms with Crippen molar-refractivity contribution in [2.45, 2.75) is 32.4 Å². The van der Waals surface area contributed by atoms with Crippen LogP contribution in [0.25, 0.3) is 0 Å². The van der Waals surface area contributed by atoms with Crippen LogP contribution in [0, 0.1) is 5.82 Å². The van der Waals surface area contributed by atoms with Gasteiger partial charge in [-0.1, -0.05) is 6.07 Å². The first kappa shape index (κ1) is 15.9. The lowest BCUT2D eigenvalue weighted by atomic mass is 10.1. The molecule has 0 radical (unpaired) electrons. The number of halogens is 2. The number of alkyl carbamates (subject to hydrolysis) is 1. The predicted molar refractivity (Wildman–Crippen MR) is 75.3 cm³/mol. The van der Waals surface area contributed by atoms with E-state index in [9.17, 15) is 9.18 Å². The molecular weight excluding hydrogens is 315 g/mol. The first-order valence-corrected chi connectivity index (χ1v) is 6.66. The topological polar surface area (TPSA) is 64.3 Å². The molecule has 6 heteroatoms. The van der Waals surface area contributed by atoms with Gasteiger partial charge in [0, 0.05) is 12.6 Å². The van der Waals surface area contributed by atoms with Gasteiger partial charge in [-0.2, -0.15) is 0 Å². The monoisotopic (exact) mass is 332 g/mol. The fourth-order valence-corrected chi connectivity index (χ4v) is 1.61. The van der Waals surface area contributed by atoms with E-state index in [-0.39, 0.29) is 12.4 Å². The molecule has 0 saturated carbocycles. The maximum Gasteiger partial charge on any atom is 0.407 e. The summed E-state index contributed by atoms with van der Waals surface area (Å²) in [5, 5.41) is 2.55. The number of hydrogen-bond acceptors (Lipinski definition) is 3. The summed E-state index contributed by atoms with van der Waals surface area (Å²) >= 11 is 3.07. The number of benzene rings is 1. The van der Waals surface area contributed by atoms with E-state index >= 15 is 0 Å². The van der Waals surface area contributed by atoms with Gasteiger partial charge < -0.3 is 15.8 Å². The summed E-state index contributed by atoms with van der Waals surface area (Å²) in [5.41, 5.74) is 5.92. The van der Waals surface area contributed by atoms with E-state index in [0.29, 0.717) is 10.0 Å². The highest BCUT2D eigenvalue weighted by Crippen LogP contribution is 2.19. The molecule has 0 aliphatic carbocycles. The van der Waals surface area contributed by atoms with Crippen LogP contribution in [0.15, 0.2) is 22.7 Å². The van der Waals surface area contributed by atoms with Crippen LogP contribution in [-0.4, -0.2) is 18.2 Å². The van der Waals surface area contributed by atoms with Crippen LogP contribution in [0.2, 0.25) is 0 Å². The van der Waals surface area contributed by atoms with Gasteiger partial charge in [-0.15, -0.1) is 0 Å². The average molecular weight is 333 g/mol. The summed E-state index contributed by atoms with van der Waals surface area (Å²) in [4.78, 5) is 11.4. The fraction of sp³-hybridized carbons (Fsp3) is 0.462. The first-order valence-electron chi connectivity index (χ1n) is 5.86. The van der Waals surface area contributed by atoms with Crippen LogP contribution in [0.4, 0.5) is 9.18 Å². The van der Waals surface area contributed by atoms with E-state index in [1.54, 1.807) is 32.9 Å². The second-order valence-corrected chi connectivity index (χ2v) is 6.02. The lowest BCUT2D eigenvalue weighted by Gasteiger charge is -2.21.